The highest BCUT2D eigenvalue weighted by Crippen LogP contribution is 2.48. The van der Waals surface area contributed by atoms with Crippen molar-refractivity contribution in [2.24, 2.45) is 29.2 Å². The van der Waals surface area contributed by atoms with Crippen molar-refractivity contribution >= 4 is 17.6 Å². The van der Waals surface area contributed by atoms with Gasteiger partial charge in [-0.1, -0.05) is 0 Å². The van der Waals surface area contributed by atoms with Crippen molar-refractivity contribution in [3.63, 3.8) is 0 Å². The van der Waals surface area contributed by atoms with Gasteiger partial charge in [0.1, 0.15) is 5.82 Å². The van der Waals surface area contributed by atoms with Crippen LogP contribution >= 0.6 is 0 Å². The van der Waals surface area contributed by atoms with E-state index < -0.39 is 5.91 Å². The van der Waals surface area contributed by atoms with E-state index in [0.29, 0.717) is 49.4 Å². The molecule has 0 aromatic carbocycles. The number of carbonyl (C=O) groups excluding carboxylic acids is 2. The number of anilines is 1. The Morgan fingerprint density at radius 2 is 1.84 bits per heavy atom. The number of rotatable bonds is 3. The molecule has 2 bridgehead atoms. The largest absolute Gasteiger partial charge is 0.365 e. The number of nitrogens with two attached hydrogens (primary N) is 2. The van der Waals surface area contributed by atoms with Gasteiger partial charge in [-0.05, 0) is 43.2 Å². The third-order valence-electron chi connectivity index (χ3n) is 6.21. The van der Waals surface area contributed by atoms with Crippen molar-refractivity contribution in [3.8, 4) is 0 Å². The molecule has 1 aromatic rings. The molecule has 4 N–H and O–H groups in total. The number of primary amides is 1. The van der Waals surface area contributed by atoms with Crippen molar-refractivity contribution in [2.45, 2.75) is 25.3 Å². The SMILES string of the molecule is NC(=O)c1cccnc1N1CCN(C(=O)C2C3CCC(C3)C2N)CC1. The first-order valence-electron chi connectivity index (χ1n) is 9.10. The summed E-state index contributed by atoms with van der Waals surface area (Å²) in [5.74, 6) is 1.36. The second kappa shape index (κ2) is 6.29. The van der Waals surface area contributed by atoms with E-state index in [4.69, 9.17) is 11.5 Å². The summed E-state index contributed by atoms with van der Waals surface area (Å²) in [4.78, 5) is 32.8. The molecular formula is C18H25N5O2. The van der Waals surface area contributed by atoms with Crippen LogP contribution < -0.4 is 16.4 Å². The number of hydrogen-bond acceptors (Lipinski definition) is 5. The van der Waals surface area contributed by atoms with Crippen LogP contribution in [0.3, 0.4) is 0 Å². The van der Waals surface area contributed by atoms with E-state index in [9.17, 15) is 9.59 Å². The predicted octanol–water partition coefficient (Wildman–Crippen LogP) is 0.203. The first-order valence-corrected chi connectivity index (χ1v) is 9.10. The predicted molar refractivity (Wildman–Crippen MR) is 93.8 cm³/mol. The van der Waals surface area contributed by atoms with Gasteiger partial charge in [-0.25, -0.2) is 4.98 Å². The van der Waals surface area contributed by atoms with E-state index in [-0.39, 0.29) is 17.9 Å². The Hall–Kier alpha value is -2.15. The summed E-state index contributed by atoms with van der Waals surface area (Å²) in [7, 11) is 0. The van der Waals surface area contributed by atoms with Gasteiger partial charge in [0, 0.05) is 38.4 Å². The molecule has 4 unspecified atom stereocenters. The highest BCUT2D eigenvalue weighted by Gasteiger charge is 2.50. The van der Waals surface area contributed by atoms with Crippen molar-refractivity contribution in [1.82, 2.24) is 9.88 Å². The van der Waals surface area contributed by atoms with Crippen LogP contribution in [0.4, 0.5) is 5.82 Å². The lowest BCUT2D eigenvalue weighted by Gasteiger charge is -2.39. The Kier molecular flexibility index (Phi) is 4.11. The maximum absolute atomic E-state index is 13.0. The second-order valence-electron chi connectivity index (χ2n) is 7.49. The standard InChI is InChI=1S/C18H25N5O2/c19-15-12-4-3-11(10-12)14(15)18(25)23-8-6-22(7-9-23)17-13(16(20)24)2-1-5-21-17/h1-2,5,11-12,14-15H,3-4,6-10,19H2,(H2,20,24). The Morgan fingerprint density at radius 3 is 2.48 bits per heavy atom. The van der Waals surface area contributed by atoms with E-state index in [2.05, 4.69) is 4.98 Å². The van der Waals surface area contributed by atoms with Gasteiger partial charge in [-0.2, -0.15) is 0 Å². The summed E-state index contributed by atoms with van der Waals surface area (Å²) >= 11 is 0. The lowest BCUT2D eigenvalue weighted by atomic mass is 9.84. The number of piperazine rings is 1. The minimum Gasteiger partial charge on any atom is -0.365 e. The van der Waals surface area contributed by atoms with Gasteiger partial charge in [-0.3, -0.25) is 9.59 Å². The molecule has 2 saturated carbocycles. The van der Waals surface area contributed by atoms with Crippen LogP contribution in [-0.4, -0.2) is 53.9 Å². The van der Waals surface area contributed by atoms with Gasteiger partial charge >= 0.3 is 0 Å². The minimum absolute atomic E-state index is 0.00123. The molecule has 2 amide bonds. The molecule has 25 heavy (non-hydrogen) atoms. The van der Waals surface area contributed by atoms with E-state index in [1.807, 2.05) is 9.80 Å². The second-order valence-corrected chi connectivity index (χ2v) is 7.49. The summed E-state index contributed by atoms with van der Waals surface area (Å²) in [6.45, 7) is 2.57. The van der Waals surface area contributed by atoms with Crippen LogP contribution in [0.1, 0.15) is 29.6 Å². The zero-order valence-electron chi connectivity index (χ0n) is 14.3. The number of pyridine rings is 1. The first kappa shape index (κ1) is 16.3. The fourth-order valence-corrected chi connectivity index (χ4v) is 4.89. The van der Waals surface area contributed by atoms with Crippen molar-refractivity contribution in [3.05, 3.63) is 23.9 Å². The Balaban J connectivity index is 1.42. The molecule has 134 valence electrons. The maximum atomic E-state index is 13.0. The fourth-order valence-electron chi connectivity index (χ4n) is 4.89. The zero-order valence-corrected chi connectivity index (χ0v) is 14.3. The minimum atomic E-state index is -0.477. The van der Waals surface area contributed by atoms with Gasteiger partial charge in [0.25, 0.3) is 5.91 Å². The molecule has 2 aliphatic carbocycles. The topological polar surface area (TPSA) is 106 Å². The van der Waals surface area contributed by atoms with Crippen LogP contribution in [-0.2, 0) is 4.79 Å². The molecule has 7 nitrogen and oxygen atoms in total. The van der Waals surface area contributed by atoms with Crippen LogP contribution in [0.2, 0.25) is 0 Å². The molecule has 1 aliphatic heterocycles. The number of hydrogen-bond donors (Lipinski definition) is 2. The number of amides is 2. The number of fused-ring (bicyclic) bond motifs is 2. The molecule has 1 aromatic heterocycles. The lowest BCUT2D eigenvalue weighted by molar-refractivity contribution is -0.138. The summed E-state index contributed by atoms with van der Waals surface area (Å²) in [6.07, 6.45) is 5.10. The molecule has 7 heteroatoms. The quantitative estimate of drug-likeness (QED) is 0.816. The zero-order chi connectivity index (χ0) is 17.6. The number of nitrogens with zero attached hydrogens (tertiary/aromatic N) is 3. The molecule has 0 radical (unpaired) electrons. The number of carbonyl (C=O) groups is 2. The number of aromatic nitrogens is 1. The van der Waals surface area contributed by atoms with Crippen molar-refractivity contribution in [1.29, 1.82) is 0 Å². The van der Waals surface area contributed by atoms with Gasteiger partial charge in [0.15, 0.2) is 0 Å². The normalized spacial score (nSPS) is 31.4. The highest BCUT2D eigenvalue weighted by atomic mass is 16.2. The van der Waals surface area contributed by atoms with Crippen LogP contribution in [0, 0.1) is 17.8 Å². The smallest absolute Gasteiger partial charge is 0.252 e. The van der Waals surface area contributed by atoms with E-state index in [0.717, 1.165) is 12.8 Å². The fraction of sp³-hybridized carbons (Fsp3) is 0.611. The first-order chi connectivity index (χ1) is 12.1. The summed E-state index contributed by atoms with van der Waals surface area (Å²) < 4.78 is 0. The molecule has 2 heterocycles. The maximum Gasteiger partial charge on any atom is 0.252 e. The van der Waals surface area contributed by atoms with Gasteiger partial charge in [0.05, 0.1) is 11.5 Å². The Bertz CT molecular complexity index is 684. The molecule has 4 atom stereocenters. The van der Waals surface area contributed by atoms with Crippen LogP contribution in [0.5, 0.6) is 0 Å². The van der Waals surface area contributed by atoms with Crippen molar-refractivity contribution in [2.75, 3.05) is 31.1 Å². The van der Waals surface area contributed by atoms with Crippen LogP contribution in [0.15, 0.2) is 18.3 Å². The van der Waals surface area contributed by atoms with E-state index >= 15 is 0 Å². The molecule has 3 aliphatic rings. The molecule has 4 rings (SSSR count). The third-order valence-corrected chi connectivity index (χ3v) is 6.21. The third kappa shape index (κ3) is 2.76. The van der Waals surface area contributed by atoms with Crippen LogP contribution in [0.25, 0.3) is 0 Å². The summed E-state index contributed by atoms with van der Waals surface area (Å²) in [5.41, 5.74) is 12.2. The lowest BCUT2D eigenvalue weighted by Crippen LogP contribution is -2.54. The monoisotopic (exact) mass is 343 g/mol. The summed E-state index contributed by atoms with van der Waals surface area (Å²) in [5, 5.41) is 0. The van der Waals surface area contributed by atoms with Gasteiger partial charge < -0.3 is 21.3 Å². The molecular weight excluding hydrogens is 318 g/mol. The van der Waals surface area contributed by atoms with Crippen molar-refractivity contribution < 1.29 is 9.59 Å². The highest BCUT2D eigenvalue weighted by molar-refractivity contribution is 5.97. The molecule has 0 spiro atoms. The van der Waals surface area contributed by atoms with Gasteiger partial charge in [0.2, 0.25) is 5.91 Å². The average Bonchev–Trinajstić information content (AvgIpc) is 3.22. The Labute approximate surface area is 147 Å². The van der Waals surface area contributed by atoms with E-state index in [1.165, 1.54) is 6.42 Å². The van der Waals surface area contributed by atoms with Gasteiger partial charge in [-0.15, -0.1) is 0 Å². The molecule has 1 saturated heterocycles. The average molecular weight is 343 g/mol. The summed E-state index contributed by atoms with van der Waals surface area (Å²) in [6, 6.07) is 3.43. The van der Waals surface area contributed by atoms with E-state index in [1.54, 1.807) is 18.3 Å². The Morgan fingerprint density at radius 1 is 1.12 bits per heavy atom. The molecule has 3 fully saturated rings.